The van der Waals surface area contributed by atoms with Crippen LogP contribution in [0.1, 0.15) is 54.0 Å². The molecule has 1 aromatic heterocycles. The summed E-state index contributed by atoms with van der Waals surface area (Å²) in [4.78, 5) is 27.9. The van der Waals surface area contributed by atoms with Gasteiger partial charge in [0.25, 0.3) is 5.91 Å². The first-order valence-electron chi connectivity index (χ1n) is 7.83. The molecule has 7 heteroatoms. The molecular weight excluding hydrogens is 300 g/mol. The van der Waals surface area contributed by atoms with Crippen LogP contribution in [0.3, 0.4) is 0 Å². The van der Waals surface area contributed by atoms with Crippen LogP contribution in [0.2, 0.25) is 0 Å². The Morgan fingerprint density at radius 1 is 1.36 bits per heavy atom. The van der Waals surface area contributed by atoms with Gasteiger partial charge in [-0.2, -0.15) is 0 Å². The molecule has 6 nitrogen and oxygen atoms in total. The lowest BCUT2D eigenvalue weighted by Crippen LogP contribution is -2.43. The number of nitrogens with two attached hydrogens (primary N) is 2. The van der Waals surface area contributed by atoms with Gasteiger partial charge in [-0.3, -0.25) is 9.59 Å². The number of aromatic nitrogens is 1. The standard InChI is InChI=1S/C15H24N4O2S/c16-7-6-14-18-12(9-22-14)15(21)19-11(8-13(17)20)10-4-2-1-3-5-10/h9-11H,1-8,16H2,(H2,17,20)(H,19,21). The van der Waals surface area contributed by atoms with E-state index in [2.05, 4.69) is 10.3 Å². The summed E-state index contributed by atoms with van der Waals surface area (Å²) in [7, 11) is 0. The molecule has 2 rings (SSSR count). The van der Waals surface area contributed by atoms with Crippen LogP contribution < -0.4 is 16.8 Å². The van der Waals surface area contributed by atoms with Crippen molar-refractivity contribution in [2.24, 2.45) is 17.4 Å². The van der Waals surface area contributed by atoms with E-state index in [9.17, 15) is 9.59 Å². The van der Waals surface area contributed by atoms with E-state index in [4.69, 9.17) is 11.5 Å². The van der Waals surface area contributed by atoms with Crippen LogP contribution >= 0.6 is 11.3 Å². The summed E-state index contributed by atoms with van der Waals surface area (Å²) >= 11 is 1.44. The molecule has 1 aromatic rings. The second-order valence-corrected chi connectivity index (χ2v) is 6.76. The number of hydrogen-bond acceptors (Lipinski definition) is 5. The number of carbonyl (C=O) groups is 2. The molecule has 1 fully saturated rings. The lowest BCUT2D eigenvalue weighted by atomic mass is 9.82. The number of carbonyl (C=O) groups excluding carboxylic acids is 2. The molecule has 0 aliphatic heterocycles. The molecule has 1 heterocycles. The third kappa shape index (κ3) is 4.78. The zero-order valence-corrected chi connectivity index (χ0v) is 13.5. The molecule has 0 saturated heterocycles. The molecule has 0 spiro atoms. The average molecular weight is 324 g/mol. The maximum Gasteiger partial charge on any atom is 0.270 e. The van der Waals surface area contributed by atoms with Crippen molar-refractivity contribution in [1.82, 2.24) is 10.3 Å². The monoisotopic (exact) mass is 324 g/mol. The number of amides is 2. The Morgan fingerprint density at radius 3 is 2.73 bits per heavy atom. The summed E-state index contributed by atoms with van der Waals surface area (Å²) in [5.74, 6) is -0.276. The van der Waals surface area contributed by atoms with Gasteiger partial charge in [0.2, 0.25) is 5.91 Å². The molecule has 22 heavy (non-hydrogen) atoms. The Hall–Kier alpha value is -1.47. The van der Waals surface area contributed by atoms with Crippen LogP contribution in [0.25, 0.3) is 0 Å². The van der Waals surface area contributed by atoms with Crippen LogP contribution in [0.5, 0.6) is 0 Å². The number of primary amides is 1. The Bertz CT molecular complexity index is 511. The van der Waals surface area contributed by atoms with Gasteiger partial charge >= 0.3 is 0 Å². The van der Waals surface area contributed by atoms with Crippen molar-refractivity contribution in [2.75, 3.05) is 6.54 Å². The lowest BCUT2D eigenvalue weighted by molar-refractivity contribution is -0.118. The second kappa shape index (κ2) is 8.24. The fraction of sp³-hybridized carbons (Fsp3) is 0.667. The Kier molecular flexibility index (Phi) is 6.33. The highest BCUT2D eigenvalue weighted by molar-refractivity contribution is 7.09. The van der Waals surface area contributed by atoms with Crippen molar-refractivity contribution in [2.45, 2.75) is 51.0 Å². The van der Waals surface area contributed by atoms with Gasteiger partial charge in [-0.15, -0.1) is 11.3 Å². The van der Waals surface area contributed by atoms with E-state index in [0.29, 0.717) is 24.6 Å². The van der Waals surface area contributed by atoms with Crippen molar-refractivity contribution in [3.05, 3.63) is 16.1 Å². The van der Waals surface area contributed by atoms with E-state index in [1.54, 1.807) is 5.38 Å². The van der Waals surface area contributed by atoms with E-state index >= 15 is 0 Å². The predicted octanol–water partition coefficient (Wildman–Crippen LogP) is 1.20. The molecule has 1 saturated carbocycles. The molecule has 0 bridgehead atoms. The topological polar surface area (TPSA) is 111 Å². The average Bonchev–Trinajstić information content (AvgIpc) is 2.96. The number of nitrogens with one attached hydrogen (secondary N) is 1. The largest absolute Gasteiger partial charge is 0.370 e. The Labute approximate surface area is 134 Å². The molecule has 2 amide bonds. The third-order valence-corrected chi connectivity index (χ3v) is 5.01. The minimum atomic E-state index is -0.377. The number of rotatable bonds is 7. The third-order valence-electron chi connectivity index (χ3n) is 4.10. The zero-order chi connectivity index (χ0) is 15.9. The molecule has 5 N–H and O–H groups in total. The molecule has 122 valence electrons. The summed E-state index contributed by atoms with van der Waals surface area (Å²) in [5, 5.41) is 5.56. The maximum absolute atomic E-state index is 12.3. The zero-order valence-electron chi connectivity index (χ0n) is 12.7. The van der Waals surface area contributed by atoms with E-state index in [-0.39, 0.29) is 24.3 Å². The highest BCUT2D eigenvalue weighted by Crippen LogP contribution is 2.28. The van der Waals surface area contributed by atoms with Crippen molar-refractivity contribution in [1.29, 1.82) is 0 Å². The van der Waals surface area contributed by atoms with E-state index in [1.165, 1.54) is 17.8 Å². The summed E-state index contributed by atoms with van der Waals surface area (Å²) in [6, 6.07) is -0.190. The van der Waals surface area contributed by atoms with Gasteiger partial charge < -0.3 is 16.8 Å². The molecule has 1 aliphatic carbocycles. The van der Waals surface area contributed by atoms with Gasteiger partial charge in [0.15, 0.2) is 0 Å². The van der Waals surface area contributed by atoms with Crippen LogP contribution in [0.15, 0.2) is 5.38 Å². The van der Waals surface area contributed by atoms with Crippen LogP contribution in [0, 0.1) is 5.92 Å². The molecule has 0 radical (unpaired) electrons. The quantitative estimate of drug-likeness (QED) is 0.699. The van der Waals surface area contributed by atoms with E-state index in [0.717, 1.165) is 30.7 Å². The van der Waals surface area contributed by atoms with Crippen LogP contribution in [-0.2, 0) is 11.2 Å². The van der Waals surface area contributed by atoms with Crippen molar-refractivity contribution >= 4 is 23.2 Å². The molecule has 0 aromatic carbocycles. The van der Waals surface area contributed by atoms with Gasteiger partial charge in [0.1, 0.15) is 5.69 Å². The SMILES string of the molecule is NCCc1nc(C(=O)NC(CC(N)=O)C2CCCCC2)cs1. The van der Waals surface area contributed by atoms with Crippen molar-refractivity contribution in [3.8, 4) is 0 Å². The molecule has 1 aliphatic rings. The van der Waals surface area contributed by atoms with Crippen LogP contribution in [-0.4, -0.2) is 29.4 Å². The lowest BCUT2D eigenvalue weighted by Gasteiger charge is -2.30. The van der Waals surface area contributed by atoms with Gasteiger partial charge in [0.05, 0.1) is 5.01 Å². The number of nitrogens with zero attached hydrogens (tertiary/aromatic N) is 1. The predicted molar refractivity (Wildman–Crippen MR) is 86.5 cm³/mol. The van der Waals surface area contributed by atoms with Crippen LogP contribution in [0.4, 0.5) is 0 Å². The van der Waals surface area contributed by atoms with Gasteiger partial charge in [0, 0.05) is 24.3 Å². The summed E-state index contributed by atoms with van der Waals surface area (Å²) < 4.78 is 0. The Morgan fingerprint density at radius 2 is 2.09 bits per heavy atom. The molecular formula is C15H24N4O2S. The first-order valence-corrected chi connectivity index (χ1v) is 8.71. The highest BCUT2D eigenvalue weighted by atomic mass is 32.1. The fourth-order valence-electron chi connectivity index (χ4n) is 2.98. The van der Waals surface area contributed by atoms with Gasteiger partial charge in [-0.1, -0.05) is 19.3 Å². The van der Waals surface area contributed by atoms with E-state index < -0.39 is 0 Å². The molecule has 1 unspecified atom stereocenters. The summed E-state index contributed by atoms with van der Waals surface area (Å²) in [6.45, 7) is 0.515. The first-order chi connectivity index (χ1) is 10.6. The van der Waals surface area contributed by atoms with Crippen molar-refractivity contribution < 1.29 is 9.59 Å². The summed E-state index contributed by atoms with van der Waals surface area (Å²) in [5.41, 5.74) is 11.2. The highest BCUT2D eigenvalue weighted by Gasteiger charge is 2.27. The number of hydrogen-bond donors (Lipinski definition) is 3. The smallest absolute Gasteiger partial charge is 0.270 e. The van der Waals surface area contributed by atoms with Gasteiger partial charge in [-0.05, 0) is 25.3 Å². The second-order valence-electron chi connectivity index (χ2n) is 5.81. The molecule has 1 atom stereocenters. The van der Waals surface area contributed by atoms with Gasteiger partial charge in [-0.25, -0.2) is 4.98 Å². The normalized spacial score (nSPS) is 17.1. The Balaban J connectivity index is 2.01. The minimum absolute atomic E-state index is 0.190. The first kappa shape index (κ1) is 16.9. The number of thiazole rings is 1. The fourth-order valence-corrected chi connectivity index (χ4v) is 3.78. The van der Waals surface area contributed by atoms with Crippen molar-refractivity contribution in [3.63, 3.8) is 0 Å². The summed E-state index contributed by atoms with van der Waals surface area (Å²) in [6.07, 6.45) is 6.45. The maximum atomic E-state index is 12.3. The minimum Gasteiger partial charge on any atom is -0.370 e. The van der Waals surface area contributed by atoms with E-state index in [1.807, 2.05) is 0 Å².